The number of amides is 2. The van der Waals surface area contributed by atoms with Crippen LogP contribution < -0.4 is 10.6 Å². The maximum absolute atomic E-state index is 12.2. The van der Waals surface area contributed by atoms with Gasteiger partial charge >= 0.3 is 26.8 Å². The molecule has 4 saturated heterocycles. The Morgan fingerprint density at radius 3 is 1.60 bits per heavy atom. The van der Waals surface area contributed by atoms with Crippen molar-refractivity contribution < 1.29 is 128 Å². The summed E-state index contributed by atoms with van der Waals surface area (Å²) in [4.78, 5) is 35.5. The minimum Gasteiger partial charge on any atom is -0.479 e. The Kier molecular flexibility index (Phi) is 16.2. The number of aliphatic hydroxyl groups is 8. The Bertz CT molecular complexity index is 1660. The molecule has 31 heteroatoms. The van der Waals surface area contributed by atoms with Crippen molar-refractivity contribution in [2.24, 2.45) is 0 Å². The Morgan fingerprint density at radius 1 is 0.603 bits per heavy atom. The summed E-state index contributed by atoms with van der Waals surface area (Å²) in [6, 6.07) is -3.43. The van der Waals surface area contributed by atoms with Gasteiger partial charge in [-0.1, -0.05) is 0 Å². The number of ether oxygens (including phenoxy) is 7. The van der Waals surface area contributed by atoms with Crippen LogP contribution in [0.3, 0.4) is 0 Å². The number of hydrogen-bond acceptors (Lipinski definition) is 24. The van der Waals surface area contributed by atoms with E-state index in [0.29, 0.717) is 0 Å². The molecule has 58 heavy (non-hydrogen) atoms. The van der Waals surface area contributed by atoms with Crippen LogP contribution in [0.4, 0.5) is 0 Å². The number of aliphatic hydroxyl groups excluding tert-OH is 8. The molecule has 4 aliphatic rings. The monoisotopic (exact) mass is 892 g/mol. The third kappa shape index (κ3) is 12.1. The average Bonchev–Trinajstić information content (AvgIpc) is 3.10. The molecule has 0 bridgehead atoms. The molecule has 4 heterocycles. The number of rotatable bonds is 15. The molecule has 0 aromatic carbocycles. The molecule has 2 amide bonds. The Hall–Kier alpha value is -2.45. The lowest BCUT2D eigenvalue weighted by Crippen LogP contribution is -2.69. The van der Waals surface area contributed by atoms with Crippen LogP contribution in [0.5, 0.6) is 0 Å². The summed E-state index contributed by atoms with van der Waals surface area (Å²) < 4.78 is 110. The largest absolute Gasteiger partial charge is 0.479 e. The molecule has 0 radical (unpaired) electrons. The third-order valence-electron chi connectivity index (χ3n) is 9.01. The van der Waals surface area contributed by atoms with Crippen LogP contribution in [0, 0.1) is 0 Å². The van der Waals surface area contributed by atoms with E-state index in [4.69, 9.17) is 37.7 Å². The van der Waals surface area contributed by atoms with E-state index in [1.54, 1.807) is 0 Å². The number of carboxylic acids is 1. The van der Waals surface area contributed by atoms with E-state index in [-0.39, 0.29) is 0 Å². The molecular formula is C27H44N2O27S2. The fraction of sp³-hybridized carbons (Fsp3) is 0.889. The van der Waals surface area contributed by atoms with Gasteiger partial charge in [0.05, 0.1) is 19.8 Å². The van der Waals surface area contributed by atoms with Crippen molar-refractivity contribution in [3.63, 3.8) is 0 Å². The van der Waals surface area contributed by atoms with Crippen molar-refractivity contribution >= 4 is 38.6 Å². The summed E-state index contributed by atoms with van der Waals surface area (Å²) >= 11 is 0. The zero-order valence-corrected chi connectivity index (χ0v) is 31.5. The molecule has 4 aliphatic heterocycles. The Labute approximate surface area is 327 Å². The maximum atomic E-state index is 12.2. The summed E-state index contributed by atoms with van der Waals surface area (Å²) in [6.45, 7) is -1.17. The molecule has 0 spiro atoms. The van der Waals surface area contributed by atoms with E-state index >= 15 is 0 Å². The number of carboxylic acid groups (broad SMARTS) is 1. The topological polar surface area (TPSA) is 449 Å². The molecule has 0 aromatic heterocycles. The minimum atomic E-state index is -5.27. The molecule has 19 atom stereocenters. The number of hydrogen-bond donors (Lipinski definition) is 13. The Balaban J connectivity index is 1.55. The van der Waals surface area contributed by atoms with Crippen molar-refractivity contribution in [2.45, 2.75) is 130 Å². The second-order valence-corrected chi connectivity index (χ2v) is 15.4. The van der Waals surface area contributed by atoms with E-state index in [9.17, 15) is 81.7 Å². The van der Waals surface area contributed by atoms with E-state index in [0.717, 1.165) is 13.8 Å². The van der Waals surface area contributed by atoms with Crippen LogP contribution >= 0.6 is 0 Å². The first-order valence-electron chi connectivity index (χ1n) is 16.8. The molecule has 0 saturated carbocycles. The molecule has 4 rings (SSSR count). The first kappa shape index (κ1) is 48.2. The van der Waals surface area contributed by atoms with Crippen molar-refractivity contribution in [3.8, 4) is 0 Å². The summed E-state index contributed by atoms with van der Waals surface area (Å²) in [5, 5.41) is 99.3. The van der Waals surface area contributed by atoms with Gasteiger partial charge in [0, 0.05) is 13.8 Å². The highest BCUT2D eigenvalue weighted by molar-refractivity contribution is 7.81. The van der Waals surface area contributed by atoms with Gasteiger partial charge in [-0.15, -0.1) is 0 Å². The van der Waals surface area contributed by atoms with Gasteiger partial charge in [0.2, 0.25) is 11.8 Å². The summed E-state index contributed by atoms with van der Waals surface area (Å²) in [5.74, 6) is -3.48. The van der Waals surface area contributed by atoms with Crippen LogP contribution in [-0.4, -0.2) is 226 Å². The summed E-state index contributed by atoms with van der Waals surface area (Å²) in [5.41, 5.74) is 0. The molecule has 336 valence electrons. The predicted molar refractivity (Wildman–Crippen MR) is 172 cm³/mol. The quantitative estimate of drug-likeness (QED) is 0.0679. The van der Waals surface area contributed by atoms with Gasteiger partial charge in [-0.3, -0.25) is 18.7 Å². The van der Waals surface area contributed by atoms with Gasteiger partial charge in [0.1, 0.15) is 85.3 Å². The van der Waals surface area contributed by atoms with Crippen molar-refractivity contribution in [3.05, 3.63) is 0 Å². The Morgan fingerprint density at radius 2 is 1.09 bits per heavy atom. The number of carbonyl (C=O) groups is 3. The molecular weight excluding hydrogens is 848 g/mol. The summed E-state index contributed by atoms with van der Waals surface area (Å²) in [7, 11) is -10.4. The highest BCUT2D eigenvalue weighted by atomic mass is 32.3. The van der Waals surface area contributed by atoms with E-state index in [1.165, 1.54) is 0 Å². The maximum Gasteiger partial charge on any atom is 0.397 e. The third-order valence-corrected chi connectivity index (χ3v) is 9.87. The SMILES string of the molecule is CC(=O)NC1[C@@H](O[C@@H]2CO[C@@H](O[C@H]3C(O)C(NC(C)=O)[C@@H](O)O[C@H]3COS(=O)(=O)O)C(O)C2O)OC(COS(=O)(=O)O)[C@@H](O[C@@H]2OC(C(=O)O)[C@@H](O)C(O)[C@@H]2O)[C@@H]1O. The molecule has 0 aromatic rings. The molecule has 0 aliphatic carbocycles. The van der Waals surface area contributed by atoms with Gasteiger partial charge < -0.3 is 89.8 Å². The fourth-order valence-corrected chi connectivity index (χ4v) is 6.93. The second-order valence-electron chi connectivity index (χ2n) is 13.3. The molecule has 4 fully saturated rings. The van der Waals surface area contributed by atoms with E-state index in [1.807, 2.05) is 0 Å². The smallest absolute Gasteiger partial charge is 0.397 e. The first-order valence-corrected chi connectivity index (χ1v) is 19.5. The van der Waals surface area contributed by atoms with Crippen molar-refractivity contribution in [1.29, 1.82) is 0 Å². The number of aliphatic carboxylic acids is 1. The minimum absolute atomic E-state index is 0.773. The lowest BCUT2D eigenvalue weighted by Gasteiger charge is -2.48. The lowest BCUT2D eigenvalue weighted by atomic mass is 9.95. The van der Waals surface area contributed by atoms with E-state index < -0.39 is 175 Å². The highest BCUT2D eigenvalue weighted by Gasteiger charge is 2.55. The molecule has 13 N–H and O–H groups in total. The number of nitrogens with one attached hydrogen (secondary N) is 2. The van der Waals surface area contributed by atoms with Gasteiger partial charge in [-0.25, -0.2) is 13.2 Å². The van der Waals surface area contributed by atoms with Gasteiger partial charge in [0.15, 0.2) is 31.3 Å². The van der Waals surface area contributed by atoms with Crippen LogP contribution in [0.25, 0.3) is 0 Å². The van der Waals surface area contributed by atoms with Crippen molar-refractivity contribution in [1.82, 2.24) is 10.6 Å². The molecule has 29 nitrogen and oxygen atoms in total. The summed E-state index contributed by atoms with van der Waals surface area (Å²) in [6.07, 6.45) is -34.6. The average molecular weight is 893 g/mol. The van der Waals surface area contributed by atoms with Gasteiger partial charge in [-0.2, -0.15) is 16.8 Å². The standard InChI is InChI=1S/C27H44N2O27S2/c1-6(30)28-11-14(33)20(9(51-24(11)41)4-49-57(42,43)44)54-26-18(37)13(32)8(3-48-26)52-25-12(29-7(2)31)15(34)21(10(53-25)5-50-58(45,46)47)55-27-19(38)16(35)17(36)22(56-27)23(39)40/h8-22,24-27,32-38,41H,3-5H2,1-2H3,(H,28,30)(H,29,31)(H,39,40)(H,42,43,44)(H,45,46,47)/t8-,9+,10?,11?,12?,13?,14?,15-,16?,17+,18?,19+,20-,21-,22?,24+,25+,26+,27-/m1/s1. The first-order chi connectivity index (χ1) is 26.8. The van der Waals surface area contributed by atoms with Crippen molar-refractivity contribution in [2.75, 3.05) is 19.8 Å². The fourth-order valence-electron chi connectivity index (χ4n) is 6.31. The lowest BCUT2D eigenvalue weighted by molar-refractivity contribution is -0.362. The van der Waals surface area contributed by atoms with Crippen LogP contribution in [0.15, 0.2) is 0 Å². The second kappa shape index (κ2) is 19.5. The number of carbonyl (C=O) groups excluding carboxylic acids is 2. The zero-order chi connectivity index (χ0) is 43.6. The van der Waals surface area contributed by atoms with Crippen LogP contribution in [-0.2, 0) is 76.7 Å². The molecule has 8 unspecified atom stereocenters. The predicted octanol–water partition coefficient (Wildman–Crippen LogP) is -9.08. The highest BCUT2D eigenvalue weighted by Crippen LogP contribution is 2.33. The van der Waals surface area contributed by atoms with Crippen LogP contribution in [0.2, 0.25) is 0 Å². The van der Waals surface area contributed by atoms with Gasteiger partial charge in [0.25, 0.3) is 0 Å². The van der Waals surface area contributed by atoms with Gasteiger partial charge in [-0.05, 0) is 0 Å². The van der Waals surface area contributed by atoms with Crippen LogP contribution in [0.1, 0.15) is 13.8 Å². The van der Waals surface area contributed by atoms with E-state index in [2.05, 4.69) is 19.0 Å². The zero-order valence-electron chi connectivity index (χ0n) is 29.9. The normalized spacial score (nSPS) is 42.7.